The lowest BCUT2D eigenvalue weighted by molar-refractivity contribution is 0.107. The van der Waals surface area contributed by atoms with E-state index in [1.807, 2.05) is 42.5 Å². The van der Waals surface area contributed by atoms with Crippen LogP contribution in [0.5, 0.6) is 0 Å². The second-order valence-electron chi connectivity index (χ2n) is 5.87. The summed E-state index contributed by atoms with van der Waals surface area (Å²) in [5, 5.41) is 21.7. The third kappa shape index (κ3) is 3.29. The monoisotopic (exact) mass is 310 g/mol. The Balaban J connectivity index is 2.08. The SMILES string of the molecule is CC(C)(O)CSc1nnc(-c2ccccc2)c2ccccc12. The molecule has 0 spiro atoms. The van der Waals surface area contributed by atoms with Crippen molar-refractivity contribution < 1.29 is 5.11 Å². The molecule has 0 aliphatic heterocycles. The van der Waals surface area contributed by atoms with Crippen molar-refractivity contribution in [2.75, 3.05) is 5.75 Å². The molecule has 0 bridgehead atoms. The number of thioether (sulfide) groups is 1. The Morgan fingerprint density at radius 2 is 1.55 bits per heavy atom. The molecule has 1 heterocycles. The molecule has 1 aromatic heterocycles. The summed E-state index contributed by atoms with van der Waals surface area (Å²) in [7, 11) is 0. The fourth-order valence-electron chi connectivity index (χ4n) is 2.24. The third-order valence-corrected chi connectivity index (χ3v) is 4.69. The lowest BCUT2D eigenvalue weighted by Gasteiger charge is -2.16. The van der Waals surface area contributed by atoms with E-state index in [0.29, 0.717) is 5.75 Å². The first-order valence-electron chi connectivity index (χ1n) is 7.21. The number of hydrogen-bond donors (Lipinski definition) is 1. The van der Waals surface area contributed by atoms with Gasteiger partial charge in [-0.25, -0.2) is 0 Å². The van der Waals surface area contributed by atoms with Crippen LogP contribution in [0.2, 0.25) is 0 Å². The highest BCUT2D eigenvalue weighted by molar-refractivity contribution is 7.99. The molecule has 0 radical (unpaired) electrons. The van der Waals surface area contributed by atoms with E-state index >= 15 is 0 Å². The highest BCUT2D eigenvalue weighted by Crippen LogP contribution is 2.32. The predicted octanol–water partition coefficient (Wildman–Crippen LogP) is 4.16. The molecule has 0 aliphatic rings. The van der Waals surface area contributed by atoms with E-state index in [1.54, 1.807) is 13.8 Å². The van der Waals surface area contributed by atoms with E-state index in [1.165, 1.54) is 11.8 Å². The molecular formula is C18H18N2OS. The van der Waals surface area contributed by atoms with Gasteiger partial charge in [0.1, 0.15) is 10.7 Å². The van der Waals surface area contributed by atoms with Crippen LogP contribution in [0.1, 0.15) is 13.8 Å². The van der Waals surface area contributed by atoms with Crippen LogP contribution < -0.4 is 0 Å². The standard InChI is InChI=1S/C18H18N2OS/c1-18(2,21)12-22-17-15-11-7-6-10-14(15)16(19-20-17)13-8-4-3-5-9-13/h3-11,21H,12H2,1-2H3. The van der Waals surface area contributed by atoms with Gasteiger partial charge in [-0.2, -0.15) is 0 Å². The molecule has 1 N–H and O–H groups in total. The summed E-state index contributed by atoms with van der Waals surface area (Å²) in [4.78, 5) is 0. The minimum atomic E-state index is -0.731. The first-order chi connectivity index (χ1) is 10.5. The molecule has 22 heavy (non-hydrogen) atoms. The molecule has 3 aromatic rings. The summed E-state index contributed by atoms with van der Waals surface area (Å²) in [5.74, 6) is 0.580. The van der Waals surface area contributed by atoms with Crippen molar-refractivity contribution in [1.82, 2.24) is 10.2 Å². The smallest absolute Gasteiger partial charge is 0.127 e. The summed E-state index contributed by atoms with van der Waals surface area (Å²) in [6.07, 6.45) is 0. The normalized spacial score (nSPS) is 11.8. The van der Waals surface area contributed by atoms with Gasteiger partial charge in [-0.05, 0) is 13.8 Å². The van der Waals surface area contributed by atoms with Gasteiger partial charge in [0.15, 0.2) is 0 Å². The first kappa shape index (κ1) is 15.0. The van der Waals surface area contributed by atoms with Gasteiger partial charge in [-0.15, -0.1) is 22.0 Å². The second-order valence-corrected chi connectivity index (χ2v) is 6.83. The molecule has 0 unspecified atom stereocenters. The number of fused-ring (bicyclic) bond motifs is 1. The van der Waals surface area contributed by atoms with E-state index in [-0.39, 0.29) is 0 Å². The third-order valence-electron chi connectivity index (χ3n) is 3.26. The fourth-order valence-corrected chi connectivity index (χ4v) is 3.16. The van der Waals surface area contributed by atoms with Crippen molar-refractivity contribution in [1.29, 1.82) is 0 Å². The Kier molecular flexibility index (Phi) is 4.14. The Bertz CT molecular complexity index is 782. The topological polar surface area (TPSA) is 46.0 Å². The van der Waals surface area contributed by atoms with Crippen molar-refractivity contribution in [3.8, 4) is 11.3 Å². The number of rotatable bonds is 4. The number of benzene rings is 2. The quantitative estimate of drug-likeness (QED) is 0.735. The average molecular weight is 310 g/mol. The number of aromatic nitrogens is 2. The van der Waals surface area contributed by atoms with Gasteiger partial charge in [0.05, 0.1) is 5.60 Å². The Morgan fingerprint density at radius 3 is 2.23 bits per heavy atom. The summed E-state index contributed by atoms with van der Waals surface area (Å²) in [5.41, 5.74) is 1.22. The van der Waals surface area contributed by atoms with Crippen molar-refractivity contribution >= 4 is 22.5 Å². The van der Waals surface area contributed by atoms with E-state index in [2.05, 4.69) is 22.3 Å². The maximum absolute atomic E-state index is 9.91. The van der Waals surface area contributed by atoms with E-state index in [9.17, 15) is 5.11 Å². The minimum Gasteiger partial charge on any atom is -0.390 e. The van der Waals surface area contributed by atoms with Crippen LogP contribution in [0.3, 0.4) is 0 Å². The van der Waals surface area contributed by atoms with Crippen molar-refractivity contribution in [3.05, 3.63) is 54.6 Å². The van der Waals surface area contributed by atoms with Crippen LogP contribution >= 0.6 is 11.8 Å². The molecule has 0 saturated heterocycles. The zero-order valence-electron chi connectivity index (χ0n) is 12.7. The van der Waals surface area contributed by atoms with Crippen molar-refractivity contribution in [3.63, 3.8) is 0 Å². The zero-order valence-corrected chi connectivity index (χ0v) is 13.5. The maximum Gasteiger partial charge on any atom is 0.127 e. The van der Waals surface area contributed by atoms with Crippen LogP contribution in [0.25, 0.3) is 22.0 Å². The second kappa shape index (κ2) is 6.07. The minimum absolute atomic E-state index is 0.580. The molecule has 0 saturated carbocycles. The van der Waals surface area contributed by atoms with Crippen LogP contribution in [0.4, 0.5) is 0 Å². The van der Waals surface area contributed by atoms with Crippen LogP contribution in [0.15, 0.2) is 59.6 Å². The first-order valence-corrected chi connectivity index (χ1v) is 8.19. The van der Waals surface area contributed by atoms with Crippen LogP contribution in [-0.4, -0.2) is 26.7 Å². The summed E-state index contributed by atoms with van der Waals surface area (Å²) >= 11 is 1.54. The molecule has 112 valence electrons. The zero-order chi connectivity index (χ0) is 15.6. The van der Waals surface area contributed by atoms with Crippen LogP contribution in [-0.2, 0) is 0 Å². The molecule has 3 nitrogen and oxygen atoms in total. The molecule has 0 aliphatic carbocycles. The summed E-state index contributed by atoms with van der Waals surface area (Å²) < 4.78 is 0. The van der Waals surface area contributed by atoms with Gasteiger partial charge in [-0.1, -0.05) is 54.6 Å². The lowest BCUT2D eigenvalue weighted by Crippen LogP contribution is -2.21. The van der Waals surface area contributed by atoms with Gasteiger partial charge in [0.25, 0.3) is 0 Å². The van der Waals surface area contributed by atoms with Gasteiger partial charge in [0.2, 0.25) is 0 Å². The Morgan fingerprint density at radius 1 is 0.909 bits per heavy atom. The molecular weight excluding hydrogens is 292 g/mol. The molecule has 0 fully saturated rings. The molecule has 3 rings (SSSR count). The number of nitrogens with zero attached hydrogens (tertiary/aromatic N) is 2. The number of aliphatic hydroxyl groups is 1. The summed E-state index contributed by atoms with van der Waals surface area (Å²) in [6.45, 7) is 3.60. The van der Waals surface area contributed by atoms with E-state index < -0.39 is 5.60 Å². The van der Waals surface area contributed by atoms with Crippen molar-refractivity contribution in [2.24, 2.45) is 0 Å². The van der Waals surface area contributed by atoms with Gasteiger partial charge in [-0.3, -0.25) is 0 Å². The lowest BCUT2D eigenvalue weighted by atomic mass is 10.1. The molecule has 2 aromatic carbocycles. The fraction of sp³-hybridized carbons (Fsp3) is 0.222. The highest BCUT2D eigenvalue weighted by atomic mass is 32.2. The summed E-state index contributed by atoms with van der Waals surface area (Å²) in [6, 6.07) is 18.2. The van der Waals surface area contributed by atoms with Gasteiger partial charge < -0.3 is 5.11 Å². The van der Waals surface area contributed by atoms with E-state index in [4.69, 9.17) is 0 Å². The highest BCUT2D eigenvalue weighted by Gasteiger charge is 2.16. The molecule has 4 heteroatoms. The van der Waals surface area contributed by atoms with Gasteiger partial charge >= 0.3 is 0 Å². The van der Waals surface area contributed by atoms with Gasteiger partial charge in [0, 0.05) is 22.1 Å². The largest absolute Gasteiger partial charge is 0.390 e. The van der Waals surface area contributed by atoms with Crippen molar-refractivity contribution in [2.45, 2.75) is 24.5 Å². The Labute approximate surface area is 134 Å². The van der Waals surface area contributed by atoms with E-state index in [0.717, 1.165) is 27.1 Å². The molecule has 0 atom stereocenters. The average Bonchev–Trinajstić information content (AvgIpc) is 2.52. The predicted molar refractivity (Wildman–Crippen MR) is 92.0 cm³/mol. The molecule has 0 amide bonds. The number of hydrogen-bond acceptors (Lipinski definition) is 4. The van der Waals surface area contributed by atoms with Crippen LogP contribution in [0, 0.1) is 0 Å². The maximum atomic E-state index is 9.91. The Hall–Kier alpha value is -1.91.